The van der Waals surface area contributed by atoms with Gasteiger partial charge in [-0.1, -0.05) is 18.2 Å². The van der Waals surface area contributed by atoms with Gasteiger partial charge in [0.2, 0.25) is 0 Å². The third-order valence-electron chi connectivity index (χ3n) is 3.12. The van der Waals surface area contributed by atoms with Gasteiger partial charge in [-0.05, 0) is 25.5 Å². The maximum atomic E-state index is 12.2. The van der Waals surface area contributed by atoms with Crippen LogP contribution in [0, 0.1) is 6.92 Å². The standard InChI is InChI=1S/C14H16ClN3O/c1-9(15)11-6-4-5-7-13(11)17-14(19)12-8-16-18(3)10(12)2/h4-9H,1-3H3,(H,17,19). The Labute approximate surface area is 117 Å². The number of rotatable bonds is 3. The Bertz CT molecular complexity index is 604. The molecule has 19 heavy (non-hydrogen) atoms. The molecule has 0 spiro atoms. The third-order valence-corrected chi connectivity index (χ3v) is 3.35. The maximum absolute atomic E-state index is 12.2. The molecule has 0 saturated heterocycles. The lowest BCUT2D eigenvalue weighted by Crippen LogP contribution is -2.14. The van der Waals surface area contributed by atoms with E-state index in [2.05, 4.69) is 10.4 Å². The molecule has 1 aromatic carbocycles. The average molecular weight is 278 g/mol. The first-order valence-corrected chi connectivity index (χ1v) is 6.47. The van der Waals surface area contributed by atoms with Crippen LogP contribution < -0.4 is 5.32 Å². The summed E-state index contributed by atoms with van der Waals surface area (Å²) in [6, 6.07) is 7.52. The lowest BCUT2D eigenvalue weighted by Gasteiger charge is -2.12. The van der Waals surface area contributed by atoms with Crippen LogP contribution in [0.2, 0.25) is 0 Å². The van der Waals surface area contributed by atoms with Gasteiger partial charge in [0.1, 0.15) is 0 Å². The van der Waals surface area contributed by atoms with Crippen molar-refractivity contribution in [1.29, 1.82) is 0 Å². The normalized spacial score (nSPS) is 12.2. The summed E-state index contributed by atoms with van der Waals surface area (Å²) >= 11 is 6.11. The molecule has 1 heterocycles. The molecule has 1 amide bonds. The molecule has 0 saturated carbocycles. The first-order chi connectivity index (χ1) is 9.00. The Morgan fingerprint density at radius 2 is 2.11 bits per heavy atom. The van der Waals surface area contributed by atoms with E-state index in [-0.39, 0.29) is 11.3 Å². The van der Waals surface area contributed by atoms with Gasteiger partial charge in [-0.3, -0.25) is 9.48 Å². The molecule has 0 bridgehead atoms. The van der Waals surface area contributed by atoms with Gasteiger partial charge in [0.25, 0.3) is 5.91 Å². The number of aryl methyl sites for hydroxylation is 1. The number of benzene rings is 1. The Kier molecular flexibility index (Phi) is 3.90. The van der Waals surface area contributed by atoms with Crippen molar-refractivity contribution >= 4 is 23.2 Å². The van der Waals surface area contributed by atoms with Crippen LogP contribution in [0.1, 0.15) is 33.9 Å². The number of anilines is 1. The number of nitrogens with one attached hydrogen (secondary N) is 1. The van der Waals surface area contributed by atoms with Gasteiger partial charge in [0, 0.05) is 18.4 Å². The van der Waals surface area contributed by atoms with Gasteiger partial charge in [0.05, 0.1) is 17.1 Å². The Hall–Kier alpha value is -1.81. The summed E-state index contributed by atoms with van der Waals surface area (Å²) in [6.07, 6.45) is 1.57. The molecule has 0 aliphatic rings. The van der Waals surface area contributed by atoms with E-state index in [1.807, 2.05) is 38.1 Å². The average Bonchev–Trinajstić information content (AvgIpc) is 2.70. The number of alkyl halides is 1. The predicted molar refractivity (Wildman–Crippen MR) is 76.6 cm³/mol. The second-order valence-corrected chi connectivity index (χ2v) is 5.08. The summed E-state index contributed by atoms with van der Waals surface area (Å²) in [5, 5.41) is 6.79. The van der Waals surface area contributed by atoms with Gasteiger partial charge in [-0.2, -0.15) is 5.10 Å². The predicted octanol–water partition coefficient (Wildman–Crippen LogP) is 3.28. The van der Waals surface area contributed by atoms with Crippen molar-refractivity contribution in [2.45, 2.75) is 19.2 Å². The van der Waals surface area contributed by atoms with Gasteiger partial charge < -0.3 is 5.32 Å². The van der Waals surface area contributed by atoms with Crippen LogP contribution in [-0.2, 0) is 7.05 Å². The molecular formula is C14H16ClN3O. The minimum Gasteiger partial charge on any atom is -0.322 e. The smallest absolute Gasteiger partial charge is 0.259 e. The highest BCUT2D eigenvalue weighted by atomic mass is 35.5. The number of nitrogens with zero attached hydrogens (tertiary/aromatic N) is 2. The molecule has 4 nitrogen and oxygen atoms in total. The topological polar surface area (TPSA) is 46.9 Å². The van der Waals surface area contributed by atoms with Gasteiger partial charge >= 0.3 is 0 Å². The minimum absolute atomic E-state index is 0.161. The zero-order valence-electron chi connectivity index (χ0n) is 11.1. The number of para-hydroxylation sites is 1. The van der Waals surface area contributed by atoms with E-state index in [9.17, 15) is 4.79 Å². The monoisotopic (exact) mass is 277 g/mol. The van der Waals surface area contributed by atoms with Gasteiger partial charge in [-0.25, -0.2) is 0 Å². The summed E-state index contributed by atoms with van der Waals surface area (Å²) in [4.78, 5) is 12.2. The van der Waals surface area contributed by atoms with Crippen LogP contribution in [0.15, 0.2) is 30.5 Å². The molecule has 1 aromatic heterocycles. The molecule has 5 heteroatoms. The molecule has 0 aliphatic heterocycles. The molecule has 2 rings (SSSR count). The second-order valence-electron chi connectivity index (χ2n) is 4.42. The van der Waals surface area contributed by atoms with Crippen molar-refractivity contribution in [1.82, 2.24) is 9.78 Å². The van der Waals surface area contributed by atoms with E-state index in [4.69, 9.17) is 11.6 Å². The fraction of sp³-hybridized carbons (Fsp3) is 0.286. The minimum atomic E-state index is -0.171. The van der Waals surface area contributed by atoms with Crippen LogP contribution in [-0.4, -0.2) is 15.7 Å². The number of aromatic nitrogens is 2. The lowest BCUT2D eigenvalue weighted by molar-refractivity contribution is 0.102. The molecule has 1 unspecified atom stereocenters. The number of hydrogen-bond acceptors (Lipinski definition) is 2. The number of halogens is 1. The third kappa shape index (κ3) is 2.79. The first kappa shape index (κ1) is 13.6. The van der Waals surface area contributed by atoms with E-state index in [1.54, 1.807) is 17.9 Å². The quantitative estimate of drug-likeness (QED) is 0.875. The molecule has 2 aromatic rings. The van der Waals surface area contributed by atoms with Crippen LogP contribution in [0.5, 0.6) is 0 Å². The lowest BCUT2D eigenvalue weighted by atomic mass is 10.1. The van der Waals surface area contributed by atoms with Gasteiger partial charge in [-0.15, -0.1) is 11.6 Å². The molecule has 0 radical (unpaired) electrons. The van der Waals surface area contributed by atoms with E-state index in [0.717, 1.165) is 16.9 Å². The second kappa shape index (κ2) is 5.45. The van der Waals surface area contributed by atoms with Crippen LogP contribution in [0.25, 0.3) is 0 Å². The van der Waals surface area contributed by atoms with E-state index in [1.165, 1.54) is 0 Å². The SMILES string of the molecule is Cc1c(C(=O)Nc2ccccc2C(C)Cl)cnn1C. The fourth-order valence-corrected chi connectivity index (χ4v) is 2.06. The van der Waals surface area contributed by atoms with Crippen molar-refractivity contribution in [2.75, 3.05) is 5.32 Å². The summed E-state index contributed by atoms with van der Waals surface area (Å²) in [5.41, 5.74) is 3.03. The molecule has 1 atom stereocenters. The first-order valence-electron chi connectivity index (χ1n) is 6.03. The molecular weight excluding hydrogens is 262 g/mol. The van der Waals surface area contributed by atoms with Crippen molar-refractivity contribution < 1.29 is 4.79 Å². The van der Waals surface area contributed by atoms with E-state index < -0.39 is 0 Å². The summed E-state index contributed by atoms with van der Waals surface area (Å²) in [6.45, 7) is 3.74. The fourth-order valence-electron chi connectivity index (χ4n) is 1.87. The van der Waals surface area contributed by atoms with Crippen molar-refractivity contribution in [2.24, 2.45) is 7.05 Å². The number of amides is 1. The zero-order valence-corrected chi connectivity index (χ0v) is 11.9. The highest BCUT2D eigenvalue weighted by Gasteiger charge is 2.15. The van der Waals surface area contributed by atoms with Crippen molar-refractivity contribution in [3.05, 3.63) is 47.3 Å². The van der Waals surface area contributed by atoms with E-state index in [0.29, 0.717) is 5.56 Å². The van der Waals surface area contributed by atoms with Crippen LogP contribution >= 0.6 is 11.6 Å². The maximum Gasteiger partial charge on any atom is 0.259 e. The number of carbonyl (C=O) groups excluding carboxylic acids is 1. The van der Waals surface area contributed by atoms with Crippen LogP contribution in [0.4, 0.5) is 5.69 Å². The molecule has 0 fully saturated rings. The molecule has 0 aliphatic carbocycles. The largest absolute Gasteiger partial charge is 0.322 e. The highest BCUT2D eigenvalue weighted by molar-refractivity contribution is 6.21. The van der Waals surface area contributed by atoms with E-state index >= 15 is 0 Å². The Morgan fingerprint density at radius 1 is 1.42 bits per heavy atom. The molecule has 100 valence electrons. The van der Waals surface area contributed by atoms with Gasteiger partial charge in [0.15, 0.2) is 0 Å². The zero-order chi connectivity index (χ0) is 14.0. The Balaban J connectivity index is 2.27. The van der Waals surface area contributed by atoms with Crippen LogP contribution in [0.3, 0.4) is 0 Å². The summed E-state index contributed by atoms with van der Waals surface area (Å²) in [5.74, 6) is -0.171. The van der Waals surface area contributed by atoms with Crippen molar-refractivity contribution in [3.8, 4) is 0 Å². The molecule has 1 N–H and O–H groups in total. The number of hydrogen-bond donors (Lipinski definition) is 1. The number of carbonyl (C=O) groups is 1. The van der Waals surface area contributed by atoms with Crippen molar-refractivity contribution in [3.63, 3.8) is 0 Å². The summed E-state index contributed by atoms with van der Waals surface area (Å²) in [7, 11) is 1.81. The highest BCUT2D eigenvalue weighted by Crippen LogP contribution is 2.27. The summed E-state index contributed by atoms with van der Waals surface area (Å²) < 4.78 is 1.67. The Morgan fingerprint density at radius 3 is 2.68 bits per heavy atom.